The Kier molecular flexibility index (Phi) is 5.52. The molecule has 0 bridgehead atoms. The highest BCUT2D eigenvalue weighted by atomic mass is 35.5. The Morgan fingerprint density at radius 3 is 2.67 bits per heavy atom. The lowest BCUT2D eigenvalue weighted by Crippen LogP contribution is -2.38. The molecule has 1 heterocycles. The number of hydrogen-bond acceptors (Lipinski definition) is 4. The molecule has 5 nitrogen and oxygen atoms in total. The minimum absolute atomic E-state index is 0.0751. The van der Waals surface area contributed by atoms with Crippen molar-refractivity contribution >= 4 is 21.6 Å². The van der Waals surface area contributed by atoms with E-state index in [2.05, 4.69) is 9.71 Å². The van der Waals surface area contributed by atoms with Gasteiger partial charge in [0.05, 0.1) is 6.61 Å². The van der Waals surface area contributed by atoms with Crippen LogP contribution >= 0.6 is 11.6 Å². The van der Waals surface area contributed by atoms with Crippen molar-refractivity contribution in [3.8, 4) is 0 Å². The van der Waals surface area contributed by atoms with Gasteiger partial charge in [-0.05, 0) is 24.5 Å². The van der Waals surface area contributed by atoms with Crippen molar-refractivity contribution in [3.63, 3.8) is 0 Å². The fraction of sp³-hybridized carbons (Fsp3) is 0.545. The van der Waals surface area contributed by atoms with Gasteiger partial charge in [0.2, 0.25) is 10.0 Å². The first-order valence-corrected chi connectivity index (χ1v) is 7.46. The maximum Gasteiger partial charge on any atom is 0.243 e. The summed E-state index contributed by atoms with van der Waals surface area (Å²) in [7, 11) is -3.75. The van der Waals surface area contributed by atoms with Gasteiger partial charge in [-0.25, -0.2) is 18.1 Å². The summed E-state index contributed by atoms with van der Waals surface area (Å²) in [5, 5.41) is 9.10. The van der Waals surface area contributed by atoms with Gasteiger partial charge in [0, 0.05) is 12.2 Å². The molecule has 2 N–H and O–H groups in total. The summed E-state index contributed by atoms with van der Waals surface area (Å²) in [5.41, 5.74) is 0. The highest BCUT2D eigenvalue weighted by Crippen LogP contribution is 2.18. The van der Waals surface area contributed by atoms with Gasteiger partial charge < -0.3 is 5.11 Å². The van der Waals surface area contributed by atoms with Gasteiger partial charge in [0.15, 0.2) is 0 Å². The zero-order valence-electron chi connectivity index (χ0n) is 10.3. The molecule has 1 atom stereocenters. The molecule has 0 saturated carbocycles. The van der Waals surface area contributed by atoms with Crippen LogP contribution in [0.25, 0.3) is 0 Å². The first-order chi connectivity index (χ1) is 8.36. The maximum atomic E-state index is 12.1. The van der Waals surface area contributed by atoms with Crippen molar-refractivity contribution < 1.29 is 13.5 Å². The largest absolute Gasteiger partial charge is 0.395 e. The van der Waals surface area contributed by atoms with E-state index in [1.165, 1.54) is 18.3 Å². The summed E-state index contributed by atoms with van der Waals surface area (Å²) in [6.07, 6.45) is 1.96. The second-order valence-electron chi connectivity index (χ2n) is 4.42. The number of aliphatic hydroxyl groups excluding tert-OH is 1. The third-order valence-corrected chi connectivity index (χ3v) is 4.28. The lowest BCUT2D eigenvalue weighted by Gasteiger charge is -2.18. The van der Waals surface area contributed by atoms with Gasteiger partial charge in [-0.1, -0.05) is 25.4 Å². The summed E-state index contributed by atoms with van der Waals surface area (Å²) in [4.78, 5) is 3.65. The third kappa shape index (κ3) is 4.20. The zero-order chi connectivity index (χ0) is 13.8. The van der Waals surface area contributed by atoms with Crippen LogP contribution in [0, 0.1) is 5.92 Å². The van der Waals surface area contributed by atoms with Crippen molar-refractivity contribution in [1.29, 1.82) is 0 Å². The first-order valence-electron chi connectivity index (χ1n) is 5.60. The number of halogens is 1. The number of nitrogens with one attached hydrogen (secondary N) is 1. The van der Waals surface area contributed by atoms with Crippen LogP contribution in [0.4, 0.5) is 0 Å². The average molecular weight is 293 g/mol. The van der Waals surface area contributed by atoms with E-state index in [9.17, 15) is 13.5 Å². The average Bonchev–Trinajstić information content (AvgIpc) is 2.27. The molecule has 18 heavy (non-hydrogen) atoms. The Morgan fingerprint density at radius 2 is 2.17 bits per heavy atom. The molecule has 0 fully saturated rings. The van der Waals surface area contributed by atoms with E-state index in [0.29, 0.717) is 6.42 Å². The Bertz CT molecular complexity index is 491. The van der Waals surface area contributed by atoms with E-state index in [0.717, 1.165) is 0 Å². The summed E-state index contributed by atoms with van der Waals surface area (Å²) in [5.74, 6) is 0.272. The molecule has 0 radical (unpaired) electrons. The number of hydrogen-bond donors (Lipinski definition) is 2. The predicted molar refractivity (Wildman–Crippen MR) is 69.9 cm³/mol. The number of aliphatic hydroxyl groups is 1. The predicted octanol–water partition coefficient (Wildman–Crippen LogP) is 1.42. The van der Waals surface area contributed by atoms with Gasteiger partial charge in [-0.2, -0.15) is 0 Å². The number of pyridine rings is 1. The van der Waals surface area contributed by atoms with E-state index in [1.807, 2.05) is 13.8 Å². The van der Waals surface area contributed by atoms with Crippen molar-refractivity contribution in [2.24, 2.45) is 5.92 Å². The molecule has 0 aliphatic rings. The number of aromatic nitrogens is 1. The van der Waals surface area contributed by atoms with E-state index >= 15 is 0 Å². The molecular weight excluding hydrogens is 276 g/mol. The van der Waals surface area contributed by atoms with E-state index < -0.39 is 16.1 Å². The molecule has 0 aliphatic heterocycles. The molecule has 1 aromatic heterocycles. The summed E-state index contributed by atoms with van der Waals surface area (Å²) in [6.45, 7) is 3.65. The number of nitrogens with zero attached hydrogens (tertiary/aromatic N) is 1. The van der Waals surface area contributed by atoms with Crippen molar-refractivity contribution in [2.75, 3.05) is 6.61 Å². The second kappa shape index (κ2) is 6.47. The standard InChI is InChI=1S/C11H17ClN2O3S/c1-8(2)6-9(7-15)14-18(16,17)10-4-3-5-13-11(10)12/h3-5,8-9,14-15H,6-7H2,1-2H3. The number of sulfonamides is 1. The lowest BCUT2D eigenvalue weighted by atomic mass is 10.1. The second-order valence-corrected chi connectivity index (χ2v) is 6.46. The summed E-state index contributed by atoms with van der Waals surface area (Å²) >= 11 is 5.75. The Balaban J connectivity index is 2.91. The van der Waals surface area contributed by atoms with Gasteiger partial charge >= 0.3 is 0 Å². The third-order valence-electron chi connectivity index (χ3n) is 2.31. The van der Waals surface area contributed by atoms with E-state index in [4.69, 9.17) is 11.6 Å². The Morgan fingerprint density at radius 1 is 1.50 bits per heavy atom. The van der Waals surface area contributed by atoms with Crippen molar-refractivity contribution in [3.05, 3.63) is 23.5 Å². The van der Waals surface area contributed by atoms with E-state index in [-0.39, 0.29) is 22.6 Å². The molecule has 1 aromatic rings. The fourth-order valence-corrected chi connectivity index (χ4v) is 3.28. The topological polar surface area (TPSA) is 79.3 Å². The van der Waals surface area contributed by atoms with Crippen LogP contribution in [0.2, 0.25) is 5.15 Å². The first kappa shape index (κ1) is 15.4. The summed E-state index contributed by atoms with van der Waals surface area (Å²) < 4.78 is 26.5. The minimum atomic E-state index is -3.75. The van der Waals surface area contributed by atoms with Crippen LogP contribution in [-0.2, 0) is 10.0 Å². The normalized spacial score (nSPS) is 13.8. The lowest BCUT2D eigenvalue weighted by molar-refractivity contribution is 0.240. The van der Waals surface area contributed by atoms with Crippen LogP contribution in [0.15, 0.2) is 23.2 Å². The molecule has 1 unspecified atom stereocenters. The van der Waals surface area contributed by atoms with Gasteiger partial charge in [0.1, 0.15) is 10.0 Å². The van der Waals surface area contributed by atoms with Gasteiger partial charge in [-0.15, -0.1) is 0 Å². The molecule has 102 valence electrons. The maximum absolute atomic E-state index is 12.1. The van der Waals surface area contributed by atoms with Crippen LogP contribution in [-0.4, -0.2) is 31.2 Å². The van der Waals surface area contributed by atoms with Crippen LogP contribution in [0.5, 0.6) is 0 Å². The van der Waals surface area contributed by atoms with E-state index in [1.54, 1.807) is 0 Å². The zero-order valence-corrected chi connectivity index (χ0v) is 11.9. The Hall–Kier alpha value is -0.690. The van der Waals surface area contributed by atoms with Gasteiger partial charge in [-0.3, -0.25) is 0 Å². The monoisotopic (exact) mass is 292 g/mol. The van der Waals surface area contributed by atoms with Gasteiger partial charge in [0.25, 0.3) is 0 Å². The fourth-order valence-electron chi connectivity index (χ4n) is 1.58. The molecule has 0 aromatic carbocycles. The molecule has 0 saturated heterocycles. The minimum Gasteiger partial charge on any atom is -0.395 e. The number of rotatable bonds is 6. The Labute approximate surface area is 112 Å². The molecule has 7 heteroatoms. The smallest absolute Gasteiger partial charge is 0.243 e. The van der Waals surface area contributed by atoms with Crippen LogP contribution < -0.4 is 4.72 Å². The van der Waals surface area contributed by atoms with Crippen molar-refractivity contribution in [1.82, 2.24) is 9.71 Å². The molecule has 0 aliphatic carbocycles. The highest BCUT2D eigenvalue weighted by molar-refractivity contribution is 7.89. The highest BCUT2D eigenvalue weighted by Gasteiger charge is 2.22. The molecule has 1 rings (SSSR count). The SMILES string of the molecule is CC(C)CC(CO)NS(=O)(=O)c1cccnc1Cl. The molecule has 0 amide bonds. The summed E-state index contributed by atoms with van der Waals surface area (Å²) in [6, 6.07) is 2.35. The van der Waals surface area contributed by atoms with Crippen LogP contribution in [0.3, 0.4) is 0 Å². The molecule has 0 spiro atoms. The van der Waals surface area contributed by atoms with Crippen molar-refractivity contribution in [2.45, 2.75) is 31.2 Å². The van der Waals surface area contributed by atoms with Crippen LogP contribution in [0.1, 0.15) is 20.3 Å². The molecular formula is C11H17ClN2O3S. The quantitative estimate of drug-likeness (QED) is 0.777.